The monoisotopic (exact) mass is 215 g/mol. The molecule has 0 saturated heterocycles. The van der Waals surface area contributed by atoms with Crippen LogP contribution >= 0.6 is 0 Å². The Labute approximate surface area is 90.8 Å². The van der Waals surface area contributed by atoms with Gasteiger partial charge >= 0.3 is 0 Å². The van der Waals surface area contributed by atoms with Crippen LogP contribution in [-0.2, 0) is 9.59 Å². The minimum Gasteiger partial charge on any atom is -0.356 e. The second kappa shape index (κ2) is 8.23. The quantitative estimate of drug-likeness (QED) is 0.548. The lowest BCUT2D eigenvalue weighted by molar-refractivity contribution is -0.123. The molecule has 15 heavy (non-hydrogen) atoms. The minimum absolute atomic E-state index is 0.0538. The van der Waals surface area contributed by atoms with E-state index in [1.807, 2.05) is 13.8 Å². The molecular weight excluding hydrogens is 194 g/mol. The fourth-order valence-corrected chi connectivity index (χ4v) is 1.16. The number of nitrogens with two attached hydrogens (primary N) is 1. The molecule has 0 aliphatic carbocycles. The Morgan fingerprint density at radius 2 is 1.93 bits per heavy atom. The Balaban J connectivity index is 3.58. The zero-order valence-electron chi connectivity index (χ0n) is 9.51. The molecule has 0 spiro atoms. The molecule has 0 aromatic carbocycles. The Kier molecular flexibility index (Phi) is 7.62. The van der Waals surface area contributed by atoms with Gasteiger partial charge in [-0.2, -0.15) is 0 Å². The number of carbonyl (C=O) groups excluding carboxylic acids is 2. The molecular formula is C10H21N3O2. The molecule has 2 amide bonds. The highest BCUT2D eigenvalue weighted by atomic mass is 16.2. The lowest BCUT2D eigenvalue weighted by Gasteiger charge is -2.10. The molecule has 4 N–H and O–H groups in total. The highest BCUT2D eigenvalue weighted by Gasteiger charge is 2.11. The summed E-state index contributed by atoms with van der Waals surface area (Å²) in [6.07, 6.45) is 1.86. The van der Waals surface area contributed by atoms with E-state index in [2.05, 4.69) is 10.6 Å². The number of rotatable bonds is 7. The van der Waals surface area contributed by atoms with Crippen molar-refractivity contribution in [2.45, 2.75) is 39.2 Å². The predicted molar refractivity (Wildman–Crippen MR) is 59.2 cm³/mol. The van der Waals surface area contributed by atoms with Gasteiger partial charge in [0.15, 0.2) is 0 Å². The lowest BCUT2D eigenvalue weighted by Crippen LogP contribution is -2.41. The molecule has 5 heteroatoms. The van der Waals surface area contributed by atoms with Crippen molar-refractivity contribution in [1.29, 1.82) is 0 Å². The summed E-state index contributed by atoms with van der Waals surface area (Å²) in [5.74, 6) is -0.233. The number of carbonyl (C=O) groups is 2. The smallest absolute Gasteiger partial charge is 0.236 e. The van der Waals surface area contributed by atoms with E-state index in [-0.39, 0.29) is 11.8 Å². The molecule has 0 aromatic rings. The molecule has 0 aliphatic heterocycles. The maximum atomic E-state index is 11.3. The molecule has 1 unspecified atom stereocenters. The van der Waals surface area contributed by atoms with Crippen molar-refractivity contribution in [3.63, 3.8) is 0 Å². The first-order valence-corrected chi connectivity index (χ1v) is 5.41. The second-order valence-electron chi connectivity index (χ2n) is 3.39. The van der Waals surface area contributed by atoms with Crippen LogP contribution < -0.4 is 16.4 Å². The molecule has 1 atom stereocenters. The largest absolute Gasteiger partial charge is 0.356 e. The van der Waals surface area contributed by atoms with Gasteiger partial charge < -0.3 is 16.4 Å². The van der Waals surface area contributed by atoms with Crippen LogP contribution in [0, 0.1) is 0 Å². The topological polar surface area (TPSA) is 84.2 Å². The maximum Gasteiger partial charge on any atom is 0.236 e. The summed E-state index contributed by atoms with van der Waals surface area (Å²) in [6, 6.07) is -0.454. The fraction of sp³-hybridized carbons (Fsp3) is 0.800. The SMILES string of the molecule is CCCC(N)C(=O)NCCC(=O)NCC. The summed E-state index contributed by atoms with van der Waals surface area (Å²) in [5, 5.41) is 5.28. The molecule has 0 rings (SSSR count). The van der Waals surface area contributed by atoms with Gasteiger partial charge in [-0.3, -0.25) is 9.59 Å². The van der Waals surface area contributed by atoms with Gasteiger partial charge in [-0.1, -0.05) is 13.3 Å². The minimum atomic E-state index is -0.454. The maximum absolute atomic E-state index is 11.3. The van der Waals surface area contributed by atoms with Crippen LogP contribution in [0.3, 0.4) is 0 Å². The second-order valence-corrected chi connectivity index (χ2v) is 3.39. The summed E-state index contributed by atoms with van der Waals surface area (Å²) in [7, 11) is 0. The number of nitrogens with one attached hydrogen (secondary N) is 2. The summed E-state index contributed by atoms with van der Waals surface area (Å²) >= 11 is 0. The van der Waals surface area contributed by atoms with Crippen LogP contribution in [-0.4, -0.2) is 30.9 Å². The van der Waals surface area contributed by atoms with Gasteiger partial charge in [0, 0.05) is 19.5 Å². The first-order valence-electron chi connectivity index (χ1n) is 5.41. The highest BCUT2D eigenvalue weighted by molar-refractivity contribution is 5.82. The molecule has 88 valence electrons. The lowest BCUT2D eigenvalue weighted by atomic mass is 10.1. The average Bonchev–Trinajstić information content (AvgIpc) is 2.18. The van der Waals surface area contributed by atoms with E-state index >= 15 is 0 Å². The fourth-order valence-electron chi connectivity index (χ4n) is 1.16. The van der Waals surface area contributed by atoms with Gasteiger partial charge in [0.2, 0.25) is 11.8 Å². The predicted octanol–water partition coefficient (Wildman–Crippen LogP) is -0.244. The molecule has 0 aromatic heterocycles. The van der Waals surface area contributed by atoms with Crippen molar-refractivity contribution >= 4 is 11.8 Å². The summed E-state index contributed by atoms with van der Waals surface area (Å²) in [5.41, 5.74) is 5.59. The standard InChI is InChI=1S/C10H21N3O2/c1-3-5-8(11)10(15)13-7-6-9(14)12-4-2/h8H,3-7,11H2,1-2H3,(H,12,14)(H,13,15). The van der Waals surface area contributed by atoms with Gasteiger partial charge in [0.05, 0.1) is 6.04 Å². The van der Waals surface area contributed by atoms with Crippen LogP contribution in [0.5, 0.6) is 0 Å². The summed E-state index contributed by atoms with van der Waals surface area (Å²) in [6.45, 7) is 4.79. The third-order valence-electron chi connectivity index (χ3n) is 1.96. The molecule has 0 radical (unpaired) electrons. The Bertz CT molecular complexity index is 207. The number of hydrogen-bond acceptors (Lipinski definition) is 3. The van der Waals surface area contributed by atoms with Crippen molar-refractivity contribution in [1.82, 2.24) is 10.6 Å². The van der Waals surface area contributed by atoms with Gasteiger partial charge in [0.1, 0.15) is 0 Å². The Morgan fingerprint density at radius 3 is 2.47 bits per heavy atom. The number of amides is 2. The zero-order chi connectivity index (χ0) is 11.7. The van der Waals surface area contributed by atoms with Crippen LogP contribution in [0.15, 0.2) is 0 Å². The Hall–Kier alpha value is -1.10. The first-order chi connectivity index (χ1) is 7.11. The molecule has 0 aliphatic rings. The highest BCUT2D eigenvalue weighted by Crippen LogP contribution is 1.92. The van der Waals surface area contributed by atoms with Crippen LogP contribution in [0.4, 0.5) is 0 Å². The van der Waals surface area contributed by atoms with E-state index in [0.717, 1.165) is 6.42 Å². The van der Waals surface area contributed by atoms with E-state index in [4.69, 9.17) is 5.73 Å². The van der Waals surface area contributed by atoms with Crippen LogP contribution in [0.1, 0.15) is 33.1 Å². The van der Waals surface area contributed by atoms with Crippen molar-refractivity contribution < 1.29 is 9.59 Å². The molecule has 0 bridgehead atoms. The number of hydrogen-bond donors (Lipinski definition) is 3. The molecule has 0 fully saturated rings. The van der Waals surface area contributed by atoms with Crippen molar-refractivity contribution in [2.24, 2.45) is 5.73 Å². The van der Waals surface area contributed by atoms with E-state index in [0.29, 0.717) is 25.9 Å². The van der Waals surface area contributed by atoms with E-state index in [9.17, 15) is 9.59 Å². The van der Waals surface area contributed by atoms with Gasteiger partial charge in [-0.05, 0) is 13.3 Å². The molecule has 0 saturated carbocycles. The van der Waals surface area contributed by atoms with E-state index < -0.39 is 6.04 Å². The Morgan fingerprint density at radius 1 is 1.27 bits per heavy atom. The average molecular weight is 215 g/mol. The van der Waals surface area contributed by atoms with Crippen molar-refractivity contribution in [3.05, 3.63) is 0 Å². The van der Waals surface area contributed by atoms with Gasteiger partial charge in [-0.25, -0.2) is 0 Å². The summed E-state index contributed by atoms with van der Waals surface area (Å²) in [4.78, 5) is 22.3. The third kappa shape index (κ3) is 6.90. The van der Waals surface area contributed by atoms with Gasteiger partial charge in [-0.15, -0.1) is 0 Å². The van der Waals surface area contributed by atoms with Gasteiger partial charge in [0.25, 0.3) is 0 Å². The first kappa shape index (κ1) is 13.9. The van der Waals surface area contributed by atoms with Crippen LogP contribution in [0.25, 0.3) is 0 Å². The summed E-state index contributed by atoms with van der Waals surface area (Å²) < 4.78 is 0. The van der Waals surface area contributed by atoms with E-state index in [1.54, 1.807) is 0 Å². The molecule has 5 nitrogen and oxygen atoms in total. The van der Waals surface area contributed by atoms with Crippen molar-refractivity contribution in [2.75, 3.05) is 13.1 Å². The zero-order valence-corrected chi connectivity index (χ0v) is 9.51. The van der Waals surface area contributed by atoms with Crippen molar-refractivity contribution in [3.8, 4) is 0 Å². The molecule has 0 heterocycles. The normalized spacial score (nSPS) is 11.9. The third-order valence-corrected chi connectivity index (χ3v) is 1.96. The van der Waals surface area contributed by atoms with Crippen LogP contribution in [0.2, 0.25) is 0 Å². The van der Waals surface area contributed by atoms with E-state index in [1.165, 1.54) is 0 Å².